The molecule has 0 saturated carbocycles. The lowest BCUT2D eigenvalue weighted by Gasteiger charge is -2.23. The first-order valence-electron chi connectivity index (χ1n) is 11.2. The van der Waals surface area contributed by atoms with Crippen LogP contribution in [0, 0.1) is 6.92 Å². The summed E-state index contributed by atoms with van der Waals surface area (Å²) in [4.78, 5) is 39.5. The number of aryl methyl sites for hydroxylation is 2. The molecule has 0 bridgehead atoms. The lowest BCUT2D eigenvalue weighted by Crippen LogP contribution is -2.52. The average Bonchev–Trinajstić information content (AvgIpc) is 3.21. The highest BCUT2D eigenvalue weighted by Gasteiger charge is 2.23. The molecule has 2 atom stereocenters. The zero-order valence-electron chi connectivity index (χ0n) is 19.5. The van der Waals surface area contributed by atoms with Crippen molar-refractivity contribution >= 4 is 33.7 Å². The number of nitrogens with one attached hydrogen (secondary N) is 2. The van der Waals surface area contributed by atoms with Crippen molar-refractivity contribution in [3.63, 3.8) is 0 Å². The molecule has 9 nitrogen and oxygen atoms in total. The third-order valence-electron chi connectivity index (χ3n) is 6.03. The summed E-state index contributed by atoms with van der Waals surface area (Å²) in [6.45, 7) is 5.15. The van der Waals surface area contributed by atoms with Crippen LogP contribution in [-0.2, 0) is 22.4 Å². The van der Waals surface area contributed by atoms with Crippen LogP contribution in [0.3, 0.4) is 0 Å². The van der Waals surface area contributed by atoms with Gasteiger partial charge in [0.2, 0.25) is 0 Å². The van der Waals surface area contributed by atoms with E-state index in [0.717, 1.165) is 16.5 Å². The minimum Gasteiger partial charge on any atom is -0.548 e. The Labute approximate surface area is 200 Å². The highest BCUT2D eigenvalue weighted by atomic mass is 16.5. The summed E-state index contributed by atoms with van der Waals surface area (Å²) in [6.07, 6.45) is 1.19. The topological polar surface area (TPSA) is 145 Å². The number of carbonyl (C=O) groups excluding carboxylic acids is 2. The normalized spacial score (nSPS) is 13.0. The Balaban J connectivity index is 1.52. The zero-order valence-corrected chi connectivity index (χ0v) is 19.5. The van der Waals surface area contributed by atoms with Crippen LogP contribution in [0.1, 0.15) is 30.5 Å². The summed E-state index contributed by atoms with van der Waals surface area (Å²) >= 11 is 0. The van der Waals surface area contributed by atoms with E-state index in [-0.39, 0.29) is 12.2 Å². The van der Waals surface area contributed by atoms with Crippen LogP contribution in [0.4, 0.5) is 0 Å². The average molecular weight is 477 g/mol. The molecular formula is C26H25N2O7-. The molecule has 182 valence electrons. The molecule has 2 heterocycles. The molecule has 0 aliphatic heterocycles. The SMILES string of the molecule is CCc1cc(=O)oc2c(C)c(O[C@@H](C)C(=O)N[C@@H](Cc3c[nH]c4ccc(O)cc34)C(=O)[O-])ccc12. The molecule has 1 amide bonds. The largest absolute Gasteiger partial charge is 0.548 e. The van der Waals surface area contributed by atoms with Gasteiger partial charge in [0.05, 0.1) is 12.0 Å². The molecule has 0 aliphatic rings. The van der Waals surface area contributed by atoms with Crippen molar-refractivity contribution in [3.05, 3.63) is 69.7 Å². The van der Waals surface area contributed by atoms with Gasteiger partial charge in [0.1, 0.15) is 17.1 Å². The number of hydrogen-bond acceptors (Lipinski definition) is 7. The monoisotopic (exact) mass is 477 g/mol. The number of carbonyl (C=O) groups is 2. The van der Waals surface area contributed by atoms with Crippen molar-refractivity contribution < 1.29 is 29.0 Å². The van der Waals surface area contributed by atoms with Crippen LogP contribution in [0.2, 0.25) is 0 Å². The Hall–Kier alpha value is -4.27. The Morgan fingerprint density at radius 3 is 2.66 bits per heavy atom. The van der Waals surface area contributed by atoms with E-state index in [4.69, 9.17) is 9.15 Å². The highest BCUT2D eigenvalue weighted by Crippen LogP contribution is 2.29. The van der Waals surface area contributed by atoms with Gasteiger partial charge in [0.15, 0.2) is 6.10 Å². The Morgan fingerprint density at radius 1 is 1.17 bits per heavy atom. The molecule has 4 rings (SSSR count). The molecule has 9 heteroatoms. The maximum absolute atomic E-state index is 12.8. The highest BCUT2D eigenvalue weighted by molar-refractivity contribution is 5.89. The van der Waals surface area contributed by atoms with E-state index >= 15 is 0 Å². The van der Waals surface area contributed by atoms with Gasteiger partial charge in [-0.15, -0.1) is 0 Å². The maximum atomic E-state index is 12.8. The van der Waals surface area contributed by atoms with Gasteiger partial charge in [0.25, 0.3) is 5.91 Å². The lowest BCUT2D eigenvalue weighted by molar-refractivity contribution is -0.308. The molecule has 35 heavy (non-hydrogen) atoms. The molecule has 0 aliphatic carbocycles. The number of carboxylic acid groups (broad SMARTS) is 1. The van der Waals surface area contributed by atoms with Crippen LogP contribution in [0.25, 0.3) is 21.9 Å². The summed E-state index contributed by atoms with van der Waals surface area (Å²) in [5.74, 6) is -1.71. The van der Waals surface area contributed by atoms with Crippen LogP contribution >= 0.6 is 0 Å². The van der Waals surface area contributed by atoms with E-state index < -0.39 is 29.6 Å². The van der Waals surface area contributed by atoms with Gasteiger partial charge in [-0.2, -0.15) is 0 Å². The predicted molar refractivity (Wildman–Crippen MR) is 127 cm³/mol. The number of fused-ring (bicyclic) bond motifs is 2. The standard InChI is InChI=1S/C26H26N2O7/c1-4-15-10-23(30)35-24-13(2)22(8-6-18(15)24)34-14(3)25(31)28-21(26(32)33)9-16-12-27-20-7-5-17(29)11-19(16)20/h5-8,10-12,14,21,27,29H,4,9H2,1-3H3,(H,28,31)(H,32,33)/p-1/t14-,21-/m0/s1. The predicted octanol–water partition coefficient (Wildman–Crippen LogP) is 2.10. The summed E-state index contributed by atoms with van der Waals surface area (Å²) in [7, 11) is 0. The lowest BCUT2D eigenvalue weighted by atomic mass is 10.0. The van der Waals surface area contributed by atoms with Crippen molar-refractivity contribution in [2.75, 3.05) is 0 Å². The number of rotatable bonds is 8. The number of phenolic OH excluding ortho intramolecular Hbond substituents is 1. The fourth-order valence-corrected chi connectivity index (χ4v) is 4.11. The van der Waals surface area contributed by atoms with Gasteiger partial charge in [-0.05, 0) is 61.7 Å². The Morgan fingerprint density at radius 2 is 1.94 bits per heavy atom. The van der Waals surface area contributed by atoms with E-state index in [1.54, 1.807) is 31.3 Å². The third-order valence-corrected chi connectivity index (χ3v) is 6.03. The van der Waals surface area contributed by atoms with Crippen molar-refractivity contribution in [1.82, 2.24) is 10.3 Å². The van der Waals surface area contributed by atoms with Gasteiger partial charge in [-0.25, -0.2) is 4.79 Å². The molecule has 0 fully saturated rings. The number of benzene rings is 2. The smallest absolute Gasteiger partial charge is 0.336 e. The third kappa shape index (κ3) is 4.84. The first-order valence-corrected chi connectivity index (χ1v) is 11.2. The quantitative estimate of drug-likeness (QED) is 0.330. The first kappa shape index (κ1) is 23.9. The van der Waals surface area contributed by atoms with Gasteiger partial charge in [-0.3, -0.25) is 4.79 Å². The van der Waals surface area contributed by atoms with Crippen molar-refractivity contribution in [2.24, 2.45) is 0 Å². The van der Waals surface area contributed by atoms with Gasteiger partial charge < -0.3 is 34.5 Å². The van der Waals surface area contributed by atoms with Crippen LogP contribution in [0.15, 0.2) is 51.8 Å². The second-order valence-corrected chi connectivity index (χ2v) is 8.40. The number of hydrogen-bond donors (Lipinski definition) is 3. The molecule has 4 aromatic rings. The van der Waals surface area contributed by atoms with Crippen LogP contribution in [-0.4, -0.2) is 34.1 Å². The number of carboxylic acids is 1. The van der Waals surface area contributed by atoms with Crippen molar-refractivity contribution in [3.8, 4) is 11.5 Å². The fraction of sp³-hybridized carbons (Fsp3) is 0.269. The van der Waals surface area contributed by atoms with E-state index in [1.165, 1.54) is 25.1 Å². The number of aromatic nitrogens is 1. The first-order chi connectivity index (χ1) is 16.7. The summed E-state index contributed by atoms with van der Waals surface area (Å²) in [6, 6.07) is 8.30. The molecule has 0 spiro atoms. The van der Waals surface area contributed by atoms with E-state index in [2.05, 4.69) is 10.3 Å². The Bertz CT molecular complexity index is 1480. The zero-order chi connectivity index (χ0) is 25.3. The molecule has 0 radical (unpaired) electrons. The number of ether oxygens (including phenoxy) is 1. The number of aliphatic carboxylic acids is 1. The number of aromatic amines is 1. The van der Waals surface area contributed by atoms with Gasteiger partial charge in [0, 0.05) is 40.5 Å². The molecule has 2 aromatic heterocycles. The van der Waals surface area contributed by atoms with E-state index in [1.807, 2.05) is 6.92 Å². The van der Waals surface area contributed by atoms with Crippen molar-refractivity contribution in [2.45, 2.75) is 45.8 Å². The number of aromatic hydroxyl groups is 1. The molecule has 0 unspecified atom stereocenters. The number of phenols is 1. The second-order valence-electron chi connectivity index (χ2n) is 8.40. The summed E-state index contributed by atoms with van der Waals surface area (Å²) in [5.41, 5.74) is 2.65. The van der Waals surface area contributed by atoms with Gasteiger partial charge in [-0.1, -0.05) is 6.92 Å². The number of H-pyrrole nitrogens is 1. The molecule has 3 N–H and O–H groups in total. The minimum atomic E-state index is -1.45. The van der Waals surface area contributed by atoms with Crippen molar-refractivity contribution in [1.29, 1.82) is 0 Å². The second kappa shape index (κ2) is 9.54. The number of amides is 1. The molecule has 2 aromatic carbocycles. The van der Waals surface area contributed by atoms with Gasteiger partial charge >= 0.3 is 5.63 Å². The summed E-state index contributed by atoms with van der Waals surface area (Å²) in [5, 5.41) is 25.4. The summed E-state index contributed by atoms with van der Waals surface area (Å²) < 4.78 is 11.2. The minimum absolute atomic E-state index is 0.0436. The van der Waals surface area contributed by atoms with E-state index in [0.29, 0.717) is 34.3 Å². The molecular weight excluding hydrogens is 452 g/mol. The van der Waals surface area contributed by atoms with Crippen LogP contribution in [0.5, 0.6) is 11.5 Å². The van der Waals surface area contributed by atoms with E-state index in [9.17, 15) is 24.6 Å². The van der Waals surface area contributed by atoms with Crippen LogP contribution < -0.4 is 20.8 Å². The molecule has 0 saturated heterocycles. The Kier molecular flexibility index (Phi) is 6.50. The fourth-order valence-electron chi connectivity index (χ4n) is 4.11. The maximum Gasteiger partial charge on any atom is 0.336 e.